The van der Waals surface area contributed by atoms with Crippen molar-refractivity contribution in [3.05, 3.63) is 35.7 Å². The van der Waals surface area contributed by atoms with E-state index in [0.717, 1.165) is 6.20 Å². The summed E-state index contributed by atoms with van der Waals surface area (Å²) in [4.78, 5) is 15.7. The summed E-state index contributed by atoms with van der Waals surface area (Å²) in [5.74, 6) is 0.291. The molecule has 0 bridgehead atoms. The summed E-state index contributed by atoms with van der Waals surface area (Å²) in [7, 11) is 1.67. The van der Waals surface area contributed by atoms with Crippen LogP contribution in [0.25, 0.3) is 0 Å². The van der Waals surface area contributed by atoms with Crippen molar-refractivity contribution in [3.63, 3.8) is 0 Å². The summed E-state index contributed by atoms with van der Waals surface area (Å²) in [5, 5.41) is 6.73. The molecule has 1 amide bonds. The van der Waals surface area contributed by atoms with Gasteiger partial charge in [-0.25, -0.2) is 4.98 Å². The van der Waals surface area contributed by atoms with Crippen LogP contribution in [-0.2, 0) is 26.2 Å². The summed E-state index contributed by atoms with van der Waals surface area (Å²) >= 11 is 0. The van der Waals surface area contributed by atoms with Crippen LogP contribution in [0.3, 0.4) is 0 Å². The fourth-order valence-corrected chi connectivity index (χ4v) is 2.74. The third-order valence-corrected chi connectivity index (χ3v) is 3.99. The highest BCUT2D eigenvalue weighted by molar-refractivity contribution is 5.92. The molecule has 6 nitrogen and oxygen atoms in total. The number of carbonyl (C=O) groups excluding carboxylic acids is 1. The molecule has 23 heavy (non-hydrogen) atoms. The first-order chi connectivity index (χ1) is 10.8. The summed E-state index contributed by atoms with van der Waals surface area (Å²) in [6, 6.07) is 1.61. The predicted molar refractivity (Wildman–Crippen MR) is 74.6 cm³/mol. The van der Waals surface area contributed by atoms with Gasteiger partial charge in [0.25, 0.3) is 5.91 Å². The van der Waals surface area contributed by atoms with Crippen molar-refractivity contribution < 1.29 is 18.0 Å². The van der Waals surface area contributed by atoms with Gasteiger partial charge in [0.05, 0.1) is 0 Å². The number of fused-ring (bicyclic) bond motifs is 1. The molecular formula is C14H16F3N5O. The molecule has 3 rings (SSSR count). The number of rotatable bonds is 3. The van der Waals surface area contributed by atoms with Gasteiger partial charge in [0.15, 0.2) is 5.69 Å². The van der Waals surface area contributed by atoms with Gasteiger partial charge in [-0.15, -0.1) is 0 Å². The lowest BCUT2D eigenvalue weighted by Crippen LogP contribution is -2.34. The number of amides is 1. The Morgan fingerprint density at radius 2 is 2.26 bits per heavy atom. The van der Waals surface area contributed by atoms with Crippen LogP contribution >= 0.6 is 0 Å². The first kappa shape index (κ1) is 15.6. The first-order valence-electron chi connectivity index (χ1n) is 7.24. The van der Waals surface area contributed by atoms with E-state index < -0.39 is 11.9 Å². The largest absolute Gasteiger partial charge is 0.434 e. The monoisotopic (exact) mass is 327 g/mol. The normalized spacial score (nSPS) is 17.8. The van der Waals surface area contributed by atoms with Gasteiger partial charge in [0.1, 0.15) is 11.5 Å². The van der Waals surface area contributed by atoms with Crippen molar-refractivity contribution in [2.24, 2.45) is 13.0 Å². The van der Waals surface area contributed by atoms with Gasteiger partial charge < -0.3 is 9.88 Å². The molecule has 9 heteroatoms. The maximum Gasteiger partial charge on any atom is 0.434 e. The number of aryl methyl sites for hydroxylation is 2. The van der Waals surface area contributed by atoms with Crippen LogP contribution in [0.1, 0.15) is 28.4 Å². The quantitative estimate of drug-likeness (QED) is 0.932. The molecule has 1 atom stereocenters. The zero-order chi connectivity index (χ0) is 16.6. The minimum absolute atomic E-state index is 0.0787. The van der Waals surface area contributed by atoms with Crippen molar-refractivity contribution in [3.8, 4) is 0 Å². The molecule has 1 N–H and O–H groups in total. The second kappa shape index (κ2) is 5.71. The Balaban J connectivity index is 1.61. The van der Waals surface area contributed by atoms with Crippen LogP contribution in [0.15, 0.2) is 18.5 Å². The molecule has 124 valence electrons. The van der Waals surface area contributed by atoms with Gasteiger partial charge in [-0.1, -0.05) is 0 Å². The van der Waals surface area contributed by atoms with Crippen LogP contribution < -0.4 is 5.32 Å². The highest BCUT2D eigenvalue weighted by Gasteiger charge is 2.35. The van der Waals surface area contributed by atoms with Crippen molar-refractivity contribution in [1.29, 1.82) is 0 Å². The van der Waals surface area contributed by atoms with E-state index in [9.17, 15) is 18.0 Å². The van der Waals surface area contributed by atoms with E-state index in [-0.39, 0.29) is 11.8 Å². The number of hydrogen-bond donors (Lipinski definition) is 1. The Bertz CT molecular complexity index is 718. The van der Waals surface area contributed by atoms with Gasteiger partial charge in [-0.2, -0.15) is 18.3 Å². The van der Waals surface area contributed by atoms with Crippen LogP contribution in [0.2, 0.25) is 0 Å². The molecular weight excluding hydrogens is 311 g/mol. The second-order valence-electron chi connectivity index (χ2n) is 5.65. The number of nitrogens with one attached hydrogen (secondary N) is 1. The number of alkyl halides is 3. The predicted octanol–water partition coefficient (Wildman–Crippen LogP) is 1.63. The molecule has 0 spiro atoms. The number of hydrogen-bond acceptors (Lipinski definition) is 3. The number of imidazole rings is 1. The van der Waals surface area contributed by atoms with E-state index >= 15 is 0 Å². The van der Waals surface area contributed by atoms with Crippen molar-refractivity contribution in [2.45, 2.75) is 25.6 Å². The third-order valence-electron chi connectivity index (χ3n) is 3.99. The molecule has 3 heterocycles. The average molecular weight is 327 g/mol. The van der Waals surface area contributed by atoms with Gasteiger partial charge in [-0.05, 0) is 18.4 Å². The molecule has 1 aliphatic heterocycles. The minimum atomic E-state index is -4.42. The van der Waals surface area contributed by atoms with Crippen LogP contribution in [-0.4, -0.2) is 31.8 Å². The minimum Gasteiger partial charge on any atom is -0.350 e. The first-order valence-corrected chi connectivity index (χ1v) is 7.24. The molecule has 0 radical (unpaired) electrons. The van der Waals surface area contributed by atoms with Gasteiger partial charge in [0.2, 0.25) is 0 Å². The standard InChI is InChI=1S/C14H16F3N5O/c1-21-10(4-5-19-21)13(23)18-6-9-2-3-12-20-11(14(15,16)17)8-22(12)7-9/h4-5,8-9H,2-3,6-7H2,1H3,(H,18,23). The Morgan fingerprint density at radius 3 is 2.91 bits per heavy atom. The molecule has 0 saturated carbocycles. The van der Waals surface area contributed by atoms with E-state index in [1.54, 1.807) is 13.1 Å². The number of nitrogens with zero attached hydrogens (tertiary/aromatic N) is 4. The van der Waals surface area contributed by atoms with Crippen LogP contribution in [0.5, 0.6) is 0 Å². The van der Waals surface area contributed by atoms with Crippen molar-refractivity contribution >= 4 is 5.91 Å². The highest BCUT2D eigenvalue weighted by Crippen LogP contribution is 2.30. The fraction of sp³-hybridized carbons (Fsp3) is 0.500. The lowest BCUT2D eigenvalue weighted by molar-refractivity contribution is -0.141. The maximum atomic E-state index is 12.7. The summed E-state index contributed by atoms with van der Waals surface area (Å²) in [6.45, 7) is 0.826. The number of aromatic nitrogens is 4. The Hall–Kier alpha value is -2.32. The fourth-order valence-electron chi connectivity index (χ4n) is 2.74. The molecule has 0 aliphatic carbocycles. The maximum absolute atomic E-state index is 12.7. The molecule has 1 unspecified atom stereocenters. The molecule has 0 saturated heterocycles. The third kappa shape index (κ3) is 3.22. The smallest absolute Gasteiger partial charge is 0.350 e. The summed E-state index contributed by atoms with van der Waals surface area (Å²) in [5.41, 5.74) is -0.407. The molecule has 2 aromatic heterocycles. The average Bonchev–Trinajstić information content (AvgIpc) is 3.09. The zero-order valence-electron chi connectivity index (χ0n) is 12.5. The van der Waals surface area contributed by atoms with Crippen molar-refractivity contribution in [2.75, 3.05) is 6.54 Å². The molecule has 2 aromatic rings. The lowest BCUT2D eigenvalue weighted by Gasteiger charge is -2.23. The van der Waals surface area contributed by atoms with Crippen LogP contribution in [0, 0.1) is 5.92 Å². The summed E-state index contributed by atoms with van der Waals surface area (Å²) < 4.78 is 41.0. The van der Waals surface area contributed by atoms with E-state index in [1.807, 2.05) is 0 Å². The lowest BCUT2D eigenvalue weighted by atomic mass is 9.99. The number of carbonyl (C=O) groups is 1. The second-order valence-corrected chi connectivity index (χ2v) is 5.65. The summed E-state index contributed by atoms with van der Waals surface area (Å²) in [6.07, 6.45) is -0.674. The van der Waals surface area contributed by atoms with E-state index in [2.05, 4.69) is 15.4 Å². The van der Waals surface area contributed by atoms with E-state index in [1.165, 1.54) is 15.4 Å². The van der Waals surface area contributed by atoms with Gasteiger partial charge in [-0.3, -0.25) is 9.48 Å². The van der Waals surface area contributed by atoms with Crippen molar-refractivity contribution in [1.82, 2.24) is 24.6 Å². The Kier molecular flexibility index (Phi) is 3.87. The Morgan fingerprint density at radius 1 is 1.48 bits per heavy atom. The highest BCUT2D eigenvalue weighted by atomic mass is 19.4. The zero-order valence-corrected chi connectivity index (χ0v) is 12.5. The molecule has 0 fully saturated rings. The topological polar surface area (TPSA) is 64.7 Å². The van der Waals surface area contributed by atoms with E-state index in [0.29, 0.717) is 37.4 Å². The van der Waals surface area contributed by atoms with Gasteiger partial charge in [0, 0.05) is 39.0 Å². The number of halogens is 3. The van der Waals surface area contributed by atoms with Crippen LogP contribution in [0.4, 0.5) is 13.2 Å². The SMILES string of the molecule is Cn1nccc1C(=O)NCC1CCc2nc(C(F)(F)F)cn2C1. The van der Waals surface area contributed by atoms with E-state index in [4.69, 9.17) is 0 Å². The van der Waals surface area contributed by atoms with Gasteiger partial charge >= 0.3 is 6.18 Å². The molecule has 1 aliphatic rings. The molecule has 0 aromatic carbocycles. The Labute approximate surface area is 130 Å².